The van der Waals surface area contributed by atoms with Crippen molar-refractivity contribution in [1.82, 2.24) is 0 Å². The summed E-state index contributed by atoms with van der Waals surface area (Å²) < 4.78 is 16.9. The van der Waals surface area contributed by atoms with Crippen molar-refractivity contribution in [1.29, 1.82) is 0 Å². The Morgan fingerprint density at radius 2 is 0.474 bits per heavy atom. The number of allylic oxidation sites excluding steroid dienone is 4. The minimum Gasteiger partial charge on any atom is -0.462 e. The van der Waals surface area contributed by atoms with E-state index in [2.05, 4.69) is 45.1 Å². The molecule has 0 rings (SSSR count). The zero-order valence-electron chi connectivity index (χ0n) is 51.6. The Bertz CT molecular complexity index is 1230. The fourth-order valence-corrected chi connectivity index (χ4v) is 10.5. The smallest absolute Gasteiger partial charge is 0.306 e. The van der Waals surface area contributed by atoms with E-state index in [0.717, 1.165) is 64.2 Å². The van der Waals surface area contributed by atoms with Gasteiger partial charge in [0, 0.05) is 19.3 Å². The minimum atomic E-state index is -0.769. The standard InChI is InChI=1S/C70H132O6/c1-4-7-10-13-16-19-21-23-25-27-29-31-32-33-34-35-36-37-39-40-42-44-46-48-51-54-57-60-63-69(72)75-66-67(65-74-68(71)62-59-56-53-50-18-15-12-9-6-3)76-70(73)64-61-58-55-52-49-47-45-43-41-38-30-28-26-24-22-20-17-14-11-8-5-2/h22,24,28,30,67H,4-21,23,25-27,29,31-66H2,1-3H3/b24-22-,30-28-. The molecule has 0 spiro atoms. The summed E-state index contributed by atoms with van der Waals surface area (Å²) in [6.45, 7) is 6.68. The van der Waals surface area contributed by atoms with Gasteiger partial charge in [0.05, 0.1) is 0 Å². The second kappa shape index (κ2) is 65.4. The molecule has 76 heavy (non-hydrogen) atoms. The van der Waals surface area contributed by atoms with E-state index in [0.29, 0.717) is 19.3 Å². The predicted octanol–water partition coefficient (Wildman–Crippen LogP) is 23.4. The Kier molecular flexibility index (Phi) is 63.6. The van der Waals surface area contributed by atoms with Gasteiger partial charge >= 0.3 is 17.9 Å². The van der Waals surface area contributed by atoms with Crippen LogP contribution in [-0.2, 0) is 28.6 Å². The van der Waals surface area contributed by atoms with Crippen molar-refractivity contribution in [2.24, 2.45) is 0 Å². The largest absolute Gasteiger partial charge is 0.462 e. The van der Waals surface area contributed by atoms with Crippen LogP contribution in [0.15, 0.2) is 24.3 Å². The van der Waals surface area contributed by atoms with Gasteiger partial charge in [-0.15, -0.1) is 0 Å². The van der Waals surface area contributed by atoms with Crippen molar-refractivity contribution in [3.05, 3.63) is 24.3 Å². The molecule has 1 atom stereocenters. The first-order valence-corrected chi connectivity index (χ1v) is 34.3. The lowest BCUT2D eigenvalue weighted by atomic mass is 10.0. The zero-order chi connectivity index (χ0) is 55.0. The molecule has 0 radical (unpaired) electrons. The Labute approximate surface area is 474 Å². The van der Waals surface area contributed by atoms with Crippen LogP contribution >= 0.6 is 0 Å². The van der Waals surface area contributed by atoms with Crippen LogP contribution in [0.3, 0.4) is 0 Å². The topological polar surface area (TPSA) is 78.9 Å². The van der Waals surface area contributed by atoms with Crippen LogP contribution < -0.4 is 0 Å². The van der Waals surface area contributed by atoms with Crippen molar-refractivity contribution in [2.45, 2.75) is 393 Å². The van der Waals surface area contributed by atoms with Crippen molar-refractivity contribution >= 4 is 17.9 Å². The summed E-state index contributed by atoms with van der Waals surface area (Å²) >= 11 is 0. The molecule has 0 aliphatic rings. The van der Waals surface area contributed by atoms with Crippen LogP contribution in [0.5, 0.6) is 0 Å². The second-order valence-corrected chi connectivity index (χ2v) is 23.5. The molecule has 0 aromatic carbocycles. The molecule has 0 amide bonds. The molecule has 6 heteroatoms. The lowest BCUT2D eigenvalue weighted by Crippen LogP contribution is -2.30. The fourth-order valence-electron chi connectivity index (χ4n) is 10.5. The third kappa shape index (κ3) is 62.7. The first kappa shape index (κ1) is 73.9. The number of hydrogen-bond donors (Lipinski definition) is 0. The third-order valence-corrected chi connectivity index (χ3v) is 15.7. The van der Waals surface area contributed by atoms with E-state index in [1.807, 2.05) is 0 Å². The lowest BCUT2D eigenvalue weighted by molar-refractivity contribution is -0.167. The molecule has 0 aromatic heterocycles. The van der Waals surface area contributed by atoms with Crippen molar-refractivity contribution in [3.63, 3.8) is 0 Å². The first-order chi connectivity index (χ1) is 37.5. The van der Waals surface area contributed by atoms with Crippen LogP contribution in [0, 0.1) is 0 Å². The predicted molar refractivity (Wildman–Crippen MR) is 330 cm³/mol. The number of ether oxygens (including phenoxy) is 3. The molecule has 0 fully saturated rings. The Hall–Kier alpha value is -2.11. The molecular weight excluding hydrogens is 937 g/mol. The van der Waals surface area contributed by atoms with Gasteiger partial charge in [-0.05, 0) is 51.4 Å². The summed E-state index contributed by atoms with van der Waals surface area (Å²) in [5, 5.41) is 0. The minimum absolute atomic E-state index is 0.0671. The molecule has 0 saturated heterocycles. The lowest BCUT2D eigenvalue weighted by Gasteiger charge is -2.18. The average Bonchev–Trinajstić information content (AvgIpc) is 3.42. The molecule has 6 nitrogen and oxygen atoms in total. The van der Waals surface area contributed by atoms with Gasteiger partial charge in [-0.1, -0.05) is 340 Å². The number of hydrogen-bond acceptors (Lipinski definition) is 6. The van der Waals surface area contributed by atoms with Gasteiger partial charge < -0.3 is 14.2 Å². The summed E-state index contributed by atoms with van der Waals surface area (Å²) in [7, 11) is 0. The first-order valence-electron chi connectivity index (χ1n) is 34.3. The highest BCUT2D eigenvalue weighted by Crippen LogP contribution is 2.19. The summed E-state index contributed by atoms with van der Waals surface area (Å²) in [6, 6.07) is 0. The highest BCUT2D eigenvalue weighted by Gasteiger charge is 2.19. The average molecular weight is 1070 g/mol. The zero-order valence-corrected chi connectivity index (χ0v) is 51.6. The maximum Gasteiger partial charge on any atom is 0.306 e. The molecule has 0 N–H and O–H groups in total. The van der Waals surface area contributed by atoms with Gasteiger partial charge in [0.1, 0.15) is 13.2 Å². The monoisotopic (exact) mass is 1070 g/mol. The summed E-state index contributed by atoms with van der Waals surface area (Å²) in [4.78, 5) is 38.2. The van der Waals surface area contributed by atoms with Crippen molar-refractivity contribution < 1.29 is 28.6 Å². The summed E-state index contributed by atoms with van der Waals surface area (Å²) in [5.41, 5.74) is 0. The van der Waals surface area contributed by atoms with E-state index in [1.165, 1.54) is 283 Å². The number of carbonyl (C=O) groups is 3. The van der Waals surface area contributed by atoms with E-state index >= 15 is 0 Å². The van der Waals surface area contributed by atoms with E-state index < -0.39 is 6.10 Å². The van der Waals surface area contributed by atoms with E-state index in [9.17, 15) is 14.4 Å². The second-order valence-electron chi connectivity index (χ2n) is 23.5. The number of esters is 3. The van der Waals surface area contributed by atoms with Gasteiger partial charge in [-0.25, -0.2) is 0 Å². The SMILES string of the molecule is CCCCCCC/C=C\C/C=C\CCCCCCCCCCCC(=O)OC(COC(=O)CCCCCCCCCCC)COC(=O)CCCCCCCCCCCCCCCCCCCCCCCCCCCCCC. The number of rotatable bonds is 64. The molecule has 448 valence electrons. The maximum absolute atomic E-state index is 12.9. The van der Waals surface area contributed by atoms with Crippen molar-refractivity contribution in [3.8, 4) is 0 Å². The molecule has 0 aliphatic carbocycles. The maximum atomic E-state index is 12.9. The molecule has 0 bridgehead atoms. The Morgan fingerprint density at radius 1 is 0.263 bits per heavy atom. The fraction of sp³-hybridized carbons (Fsp3) is 0.900. The van der Waals surface area contributed by atoms with Gasteiger partial charge in [0.2, 0.25) is 0 Å². The summed E-state index contributed by atoms with van der Waals surface area (Å²) in [5.74, 6) is -0.847. The van der Waals surface area contributed by atoms with Crippen LogP contribution in [-0.4, -0.2) is 37.2 Å². The number of carbonyl (C=O) groups excluding carboxylic acids is 3. The highest BCUT2D eigenvalue weighted by atomic mass is 16.6. The van der Waals surface area contributed by atoms with E-state index in [1.54, 1.807) is 0 Å². The van der Waals surface area contributed by atoms with Crippen LogP contribution in [0.2, 0.25) is 0 Å². The van der Waals surface area contributed by atoms with Gasteiger partial charge in [-0.3, -0.25) is 14.4 Å². The van der Waals surface area contributed by atoms with Crippen LogP contribution in [0.1, 0.15) is 387 Å². The number of unbranched alkanes of at least 4 members (excludes halogenated alkanes) is 49. The van der Waals surface area contributed by atoms with Crippen molar-refractivity contribution in [2.75, 3.05) is 13.2 Å². The Morgan fingerprint density at radius 3 is 0.724 bits per heavy atom. The highest BCUT2D eigenvalue weighted by molar-refractivity contribution is 5.71. The summed E-state index contributed by atoms with van der Waals surface area (Å²) in [6.07, 6.45) is 79.4. The molecule has 0 aliphatic heterocycles. The van der Waals surface area contributed by atoms with Gasteiger partial charge in [0.25, 0.3) is 0 Å². The molecule has 1 unspecified atom stereocenters. The van der Waals surface area contributed by atoms with Crippen LogP contribution in [0.4, 0.5) is 0 Å². The molecule has 0 aromatic rings. The quantitative estimate of drug-likeness (QED) is 0.0261. The Balaban J connectivity index is 4.10. The third-order valence-electron chi connectivity index (χ3n) is 15.7. The normalized spacial score (nSPS) is 12.1. The van der Waals surface area contributed by atoms with E-state index in [4.69, 9.17) is 14.2 Å². The van der Waals surface area contributed by atoms with Gasteiger partial charge in [0.15, 0.2) is 6.10 Å². The van der Waals surface area contributed by atoms with E-state index in [-0.39, 0.29) is 31.1 Å². The van der Waals surface area contributed by atoms with Gasteiger partial charge in [-0.2, -0.15) is 0 Å². The molecular formula is C70H132O6. The molecule has 0 heterocycles. The molecule has 0 saturated carbocycles. The van der Waals surface area contributed by atoms with Crippen LogP contribution in [0.25, 0.3) is 0 Å².